The van der Waals surface area contributed by atoms with Gasteiger partial charge in [0.1, 0.15) is 18.9 Å². The molecule has 0 unspecified atom stereocenters. The van der Waals surface area contributed by atoms with E-state index in [2.05, 4.69) is 15.9 Å². The van der Waals surface area contributed by atoms with Crippen molar-refractivity contribution in [2.45, 2.75) is 6.54 Å². The van der Waals surface area contributed by atoms with Gasteiger partial charge in [-0.05, 0) is 21.5 Å². The molecule has 2 nitrogen and oxygen atoms in total. The highest BCUT2D eigenvalue weighted by molar-refractivity contribution is 9.10. The fourth-order valence-electron chi connectivity index (χ4n) is 2.23. The zero-order valence-electron chi connectivity index (χ0n) is 11.6. The van der Waals surface area contributed by atoms with Gasteiger partial charge in [-0.15, -0.1) is 0 Å². The predicted molar refractivity (Wildman–Crippen MR) is 79.0 cm³/mol. The Morgan fingerprint density at radius 2 is 1.52 bits per heavy atom. The second-order valence-corrected chi connectivity index (χ2v) is 5.69. The summed E-state index contributed by atoms with van der Waals surface area (Å²) in [5.41, 5.74) is 0.180. The second kappa shape index (κ2) is 6.16. The summed E-state index contributed by atoms with van der Waals surface area (Å²) in [5, 5.41) is 0. The standard InChI is InChI=1S/C16H10BrF4N2/c17-11-12(18)14(20)16(15(21)13(11)19)23-7-6-22(9-23)8-10-4-2-1-3-5-10/h1-7,9H,8H2/q+1. The van der Waals surface area contributed by atoms with Gasteiger partial charge in [-0.2, -0.15) is 13.3 Å². The molecular formula is C16H10BrF4N2+. The molecule has 3 aromatic rings. The van der Waals surface area contributed by atoms with Crippen LogP contribution in [-0.2, 0) is 6.54 Å². The number of hydrogen-bond donors (Lipinski definition) is 0. The summed E-state index contributed by atoms with van der Waals surface area (Å²) in [4.78, 5) is 0. The van der Waals surface area contributed by atoms with E-state index in [1.54, 1.807) is 10.8 Å². The number of halogens is 5. The Morgan fingerprint density at radius 3 is 2.13 bits per heavy atom. The molecule has 118 valence electrons. The first-order valence-electron chi connectivity index (χ1n) is 6.62. The van der Waals surface area contributed by atoms with Crippen LogP contribution in [-0.4, -0.2) is 4.57 Å². The van der Waals surface area contributed by atoms with Crippen LogP contribution in [0.1, 0.15) is 5.56 Å². The number of hydrogen-bond acceptors (Lipinski definition) is 0. The van der Waals surface area contributed by atoms with Gasteiger partial charge in [0.25, 0.3) is 0 Å². The van der Waals surface area contributed by atoms with Gasteiger partial charge in [0.05, 0.1) is 4.47 Å². The Hall–Kier alpha value is -2.15. The normalized spacial score (nSPS) is 11.0. The highest BCUT2D eigenvalue weighted by atomic mass is 79.9. The van der Waals surface area contributed by atoms with Gasteiger partial charge in [0, 0.05) is 0 Å². The van der Waals surface area contributed by atoms with Crippen LogP contribution >= 0.6 is 15.9 Å². The van der Waals surface area contributed by atoms with Crippen LogP contribution in [0.4, 0.5) is 17.6 Å². The Morgan fingerprint density at radius 1 is 0.913 bits per heavy atom. The van der Waals surface area contributed by atoms with Crippen LogP contribution in [0.3, 0.4) is 0 Å². The first-order valence-corrected chi connectivity index (χ1v) is 7.41. The monoisotopic (exact) mass is 385 g/mol. The van der Waals surface area contributed by atoms with Crippen LogP contribution in [0.5, 0.6) is 0 Å². The lowest BCUT2D eigenvalue weighted by Gasteiger charge is -2.05. The second-order valence-electron chi connectivity index (χ2n) is 4.90. The molecular weight excluding hydrogens is 376 g/mol. The minimum absolute atomic E-state index is 0.457. The molecule has 0 aliphatic rings. The molecule has 0 aliphatic heterocycles. The Kier molecular flexibility index (Phi) is 4.21. The van der Waals surface area contributed by atoms with Gasteiger partial charge < -0.3 is 0 Å². The molecule has 1 heterocycles. The third-order valence-corrected chi connectivity index (χ3v) is 4.04. The summed E-state index contributed by atoms with van der Waals surface area (Å²) >= 11 is 2.49. The van der Waals surface area contributed by atoms with E-state index in [9.17, 15) is 17.6 Å². The molecule has 0 fully saturated rings. The Balaban J connectivity index is 2.01. The topological polar surface area (TPSA) is 8.81 Å². The molecule has 0 radical (unpaired) electrons. The van der Waals surface area contributed by atoms with Crippen molar-refractivity contribution < 1.29 is 22.1 Å². The molecule has 1 aromatic heterocycles. The van der Waals surface area contributed by atoms with Crippen LogP contribution in [0.2, 0.25) is 0 Å². The third-order valence-electron chi connectivity index (χ3n) is 3.34. The molecule has 23 heavy (non-hydrogen) atoms. The third kappa shape index (κ3) is 2.88. The van der Waals surface area contributed by atoms with Crippen molar-refractivity contribution in [3.05, 3.63) is 82.4 Å². The first kappa shape index (κ1) is 15.7. The maximum absolute atomic E-state index is 14.0. The maximum atomic E-state index is 14.0. The maximum Gasteiger partial charge on any atom is 0.249 e. The molecule has 0 spiro atoms. The van der Waals surface area contributed by atoms with Gasteiger partial charge >= 0.3 is 0 Å². The molecule has 2 aromatic carbocycles. The van der Waals surface area contributed by atoms with Crippen LogP contribution in [0.15, 0.2) is 53.5 Å². The van der Waals surface area contributed by atoms with E-state index in [0.29, 0.717) is 6.54 Å². The fourth-order valence-corrected chi connectivity index (χ4v) is 2.58. The average Bonchev–Trinajstić information content (AvgIpc) is 3.00. The van der Waals surface area contributed by atoms with Crippen molar-refractivity contribution in [2.75, 3.05) is 0 Å². The lowest BCUT2D eigenvalue weighted by atomic mass is 10.2. The van der Waals surface area contributed by atoms with E-state index in [-0.39, 0.29) is 0 Å². The van der Waals surface area contributed by atoms with Crippen LogP contribution in [0.25, 0.3) is 5.69 Å². The molecule has 0 saturated heterocycles. The minimum atomic E-state index is -1.47. The van der Waals surface area contributed by atoms with E-state index < -0.39 is 33.4 Å². The summed E-state index contributed by atoms with van der Waals surface area (Å²) in [6, 6.07) is 9.39. The van der Waals surface area contributed by atoms with Gasteiger partial charge in [-0.25, -0.2) is 13.3 Å². The highest BCUT2D eigenvalue weighted by Gasteiger charge is 2.28. The number of imidazole rings is 1. The molecule has 0 saturated carbocycles. The first-order chi connectivity index (χ1) is 11.0. The van der Waals surface area contributed by atoms with Gasteiger partial charge in [-0.3, -0.25) is 0 Å². The molecule has 0 amide bonds. The number of rotatable bonds is 3. The van der Waals surface area contributed by atoms with E-state index >= 15 is 0 Å². The Labute approximate surface area is 137 Å². The average molecular weight is 386 g/mol. The van der Waals surface area contributed by atoms with E-state index in [1.807, 2.05) is 30.3 Å². The SMILES string of the molecule is Fc1c(F)c(-n2cc[n+](Cc3ccccc3)c2)c(F)c(F)c1Br. The quantitative estimate of drug-likeness (QED) is 0.277. The van der Waals surface area contributed by atoms with Crippen molar-refractivity contribution in [3.8, 4) is 5.69 Å². The van der Waals surface area contributed by atoms with Crippen molar-refractivity contribution in [3.63, 3.8) is 0 Å². The van der Waals surface area contributed by atoms with Crippen molar-refractivity contribution in [1.82, 2.24) is 4.57 Å². The number of benzene rings is 2. The Bertz CT molecular complexity index is 833. The van der Waals surface area contributed by atoms with Crippen molar-refractivity contribution in [1.29, 1.82) is 0 Å². The van der Waals surface area contributed by atoms with Crippen molar-refractivity contribution in [2.24, 2.45) is 0 Å². The van der Waals surface area contributed by atoms with E-state index in [4.69, 9.17) is 0 Å². The summed E-state index contributed by atoms with van der Waals surface area (Å²) in [6.07, 6.45) is 4.25. The summed E-state index contributed by atoms with van der Waals surface area (Å²) in [7, 11) is 0. The molecule has 0 atom stereocenters. The van der Waals surface area contributed by atoms with Gasteiger partial charge in [0.15, 0.2) is 11.6 Å². The van der Waals surface area contributed by atoms with E-state index in [1.165, 1.54) is 12.5 Å². The number of nitrogens with zero attached hydrogens (tertiary/aromatic N) is 2. The van der Waals surface area contributed by atoms with Crippen LogP contribution < -0.4 is 4.57 Å². The summed E-state index contributed by atoms with van der Waals surface area (Å²) in [6.45, 7) is 0.457. The largest absolute Gasteiger partial charge is 0.249 e. The zero-order chi connectivity index (χ0) is 16.6. The lowest BCUT2D eigenvalue weighted by Crippen LogP contribution is -2.31. The molecule has 7 heteroatoms. The van der Waals surface area contributed by atoms with Gasteiger partial charge in [-0.1, -0.05) is 30.3 Å². The summed E-state index contributed by atoms with van der Waals surface area (Å²) in [5.74, 6) is -5.86. The lowest BCUT2D eigenvalue weighted by molar-refractivity contribution is -0.687. The van der Waals surface area contributed by atoms with Crippen LogP contribution in [0, 0.1) is 23.3 Å². The summed E-state index contributed by atoms with van der Waals surface area (Å²) < 4.78 is 57.0. The molecule has 0 aliphatic carbocycles. The molecule has 0 N–H and O–H groups in total. The number of aromatic nitrogens is 2. The minimum Gasteiger partial charge on any atom is -0.232 e. The molecule has 3 rings (SSSR count). The van der Waals surface area contributed by atoms with E-state index in [0.717, 1.165) is 10.1 Å². The zero-order valence-corrected chi connectivity index (χ0v) is 13.2. The van der Waals surface area contributed by atoms with Gasteiger partial charge in [0.2, 0.25) is 23.6 Å². The fraction of sp³-hybridized carbons (Fsp3) is 0.0625. The smallest absolute Gasteiger partial charge is 0.232 e. The highest BCUT2D eigenvalue weighted by Crippen LogP contribution is 2.30. The molecule has 0 bridgehead atoms. The predicted octanol–water partition coefficient (Wildman–Crippen LogP) is 4.13. The van der Waals surface area contributed by atoms with Crippen molar-refractivity contribution >= 4 is 15.9 Å².